The van der Waals surface area contributed by atoms with Crippen molar-refractivity contribution in [2.45, 2.75) is 31.0 Å². The number of aliphatic hydroxyl groups is 1. The Hall–Kier alpha value is -3.52. The summed E-state index contributed by atoms with van der Waals surface area (Å²) in [6.07, 6.45) is 1.89. The van der Waals surface area contributed by atoms with E-state index in [0.29, 0.717) is 5.69 Å². The van der Waals surface area contributed by atoms with Gasteiger partial charge in [-0.3, -0.25) is 19.2 Å². The van der Waals surface area contributed by atoms with E-state index in [-0.39, 0.29) is 6.42 Å². The van der Waals surface area contributed by atoms with Gasteiger partial charge in [0.2, 0.25) is 17.7 Å². The summed E-state index contributed by atoms with van der Waals surface area (Å²) in [6, 6.07) is -4.11. The van der Waals surface area contributed by atoms with E-state index in [0.717, 1.165) is 0 Å². The molecule has 0 fully saturated rings. The van der Waals surface area contributed by atoms with Gasteiger partial charge in [-0.05, 0) is 0 Å². The second-order valence-corrected chi connectivity index (χ2v) is 5.91. The van der Waals surface area contributed by atoms with Gasteiger partial charge in [0.25, 0.3) is 0 Å². The van der Waals surface area contributed by atoms with Crippen LogP contribution in [-0.2, 0) is 30.4 Å². The summed E-state index contributed by atoms with van der Waals surface area (Å²) in [7, 11) is 0. The first-order valence-electron chi connectivity index (χ1n) is 8.29. The van der Waals surface area contributed by atoms with Crippen molar-refractivity contribution >= 4 is 29.7 Å². The smallest absolute Gasteiger partial charge is 0.326 e. The zero-order valence-electron chi connectivity index (χ0n) is 15.1. The van der Waals surface area contributed by atoms with E-state index in [4.69, 9.17) is 21.1 Å². The predicted octanol–water partition coefficient (Wildman–Crippen LogP) is -4.08. The lowest BCUT2D eigenvalue weighted by Gasteiger charge is -2.20. The summed E-state index contributed by atoms with van der Waals surface area (Å²) in [4.78, 5) is 64.2. The second kappa shape index (κ2) is 11.4. The van der Waals surface area contributed by atoms with Gasteiger partial charge < -0.3 is 42.0 Å². The molecule has 9 N–H and O–H groups in total. The van der Waals surface area contributed by atoms with Crippen LogP contribution in [-0.4, -0.2) is 86.2 Å². The number of amides is 3. The van der Waals surface area contributed by atoms with Crippen LogP contribution in [0.1, 0.15) is 12.1 Å². The Balaban J connectivity index is 2.70. The van der Waals surface area contributed by atoms with Crippen molar-refractivity contribution in [1.82, 2.24) is 25.9 Å². The summed E-state index contributed by atoms with van der Waals surface area (Å²) >= 11 is 0. The predicted molar refractivity (Wildman–Crippen MR) is 94.1 cm³/mol. The molecule has 1 heterocycles. The molecule has 3 unspecified atom stereocenters. The van der Waals surface area contributed by atoms with Gasteiger partial charge in [0.05, 0.1) is 25.9 Å². The highest BCUT2D eigenvalue weighted by molar-refractivity contribution is 5.93. The number of carboxylic acid groups (broad SMARTS) is 2. The molecule has 0 saturated heterocycles. The Morgan fingerprint density at radius 3 is 2.31 bits per heavy atom. The van der Waals surface area contributed by atoms with Gasteiger partial charge in [0.1, 0.15) is 18.1 Å². The van der Waals surface area contributed by atoms with Crippen LogP contribution in [0.5, 0.6) is 0 Å². The molecular weight excluding hydrogens is 392 g/mol. The van der Waals surface area contributed by atoms with Crippen molar-refractivity contribution in [3.05, 3.63) is 18.2 Å². The fraction of sp³-hybridized carbons (Fsp3) is 0.467. The molecule has 1 rings (SSSR count). The van der Waals surface area contributed by atoms with Crippen molar-refractivity contribution < 1.29 is 39.3 Å². The summed E-state index contributed by atoms with van der Waals surface area (Å²) < 4.78 is 0. The average molecular weight is 414 g/mol. The Bertz CT molecular complexity index is 737. The average Bonchev–Trinajstić information content (AvgIpc) is 3.16. The Kier molecular flexibility index (Phi) is 9.21. The van der Waals surface area contributed by atoms with E-state index in [1.54, 1.807) is 0 Å². The van der Waals surface area contributed by atoms with Crippen LogP contribution in [0.15, 0.2) is 12.5 Å². The maximum absolute atomic E-state index is 12.4. The molecule has 3 amide bonds. The van der Waals surface area contributed by atoms with Gasteiger partial charge in [-0.1, -0.05) is 0 Å². The fourth-order valence-electron chi connectivity index (χ4n) is 2.10. The number of aromatic nitrogens is 2. The van der Waals surface area contributed by atoms with Crippen molar-refractivity contribution in [2.24, 2.45) is 5.73 Å². The molecule has 0 aliphatic carbocycles. The molecule has 1 aromatic rings. The first kappa shape index (κ1) is 23.5. The highest BCUT2D eigenvalue weighted by atomic mass is 16.4. The van der Waals surface area contributed by atoms with Gasteiger partial charge in [-0.15, -0.1) is 0 Å². The van der Waals surface area contributed by atoms with Gasteiger partial charge in [-0.2, -0.15) is 0 Å². The monoisotopic (exact) mass is 414 g/mol. The third-order valence-electron chi connectivity index (χ3n) is 3.58. The van der Waals surface area contributed by atoms with Crippen LogP contribution in [0.4, 0.5) is 0 Å². The second-order valence-electron chi connectivity index (χ2n) is 5.91. The molecular formula is C15H22N6O8. The topological polar surface area (TPSA) is 237 Å². The Morgan fingerprint density at radius 2 is 1.79 bits per heavy atom. The SMILES string of the molecule is NC(CO)C(=O)NC(Cc1cnc[nH]1)C(=O)NCC(=O)NC(CC(=O)O)C(=O)O. The largest absolute Gasteiger partial charge is 0.481 e. The maximum atomic E-state index is 12.4. The number of aliphatic hydroxyl groups excluding tert-OH is 1. The standard InChI is InChI=1S/C15H22N6O8/c16-8(5-22)13(26)21-9(1-7-3-17-6-19-7)14(27)18-4-11(23)20-10(15(28)29)2-12(24)25/h3,6,8-10,22H,1-2,4-5,16H2,(H,17,19)(H,18,27)(H,20,23)(H,21,26)(H,24,25)(H,28,29). The number of nitrogens with two attached hydrogens (primary N) is 1. The number of hydrogen-bond acceptors (Lipinski definition) is 8. The molecule has 3 atom stereocenters. The molecule has 0 aromatic carbocycles. The minimum atomic E-state index is -1.67. The highest BCUT2D eigenvalue weighted by Crippen LogP contribution is 2.00. The number of rotatable bonds is 12. The molecule has 0 aliphatic rings. The summed E-state index contributed by atoms with van der Waals surface area (Å²) in [5.74, 6) is -5.51. The number of nitrogens with zero attached hydrogens (tertiary/aromatic N) is 1. The van der Waals surface area contributed by atoms with Gasteiger partial charge in [-0.25, -0.2) is 9.78 Å². The lowest BCUT2D eigenvalue weighted by molar-refractivity contribution is -0.147. The van der Waals surface area contributed by atoms with E-state index in [1.807, 2.05) is 5.32 Å². The number of H-pyrrole nitrogens is 1. The first-order chi connectivity index (χ1) is 13.6. The lowest BCUT2D eigenvalue weighted by atomic mass is 10.1. The van der Waals surface area contributed by atoms with Crippen LogP contribution in [0.3, 0.4) is 0 Å². The van der Waals surface area contributed by atoms with E-state index in [9.17, 15) is 24.0 Å². The molecule has 0 bridgehead atoms. The third kappa shape index (κ3) is 8.35. The van der Waals surface area contributed by atoms with E-state index >= 15 is 0 Å². The number of carbonyl (C=O) groups excluding carboxylic acids is 3. The van der Waals surface area contributed by atoms with Crippen LogP contribution in [0, 0.1) is 0 Å². The molecule has 14 heteroatoms. The summed E-state index contributed by atoms with van der Waals surface area (Å²) in [6.45, 7) is -1.31. The molecule has 14 nitrogen and oxygen atoms in total. The molecule has 0 spiro atoms. The number of imidazole rings is 1. The highest BCUT2D eigenvalue weighted by Gasteiger charge is 2.26. The Morgan fingerprint density at radius 1 is 1.10 bits per heavy atom. The van der Waals surface area contributed by atoms with Gasteiger partial charge >= 0.3 is 11.9 Å². The Labute approximate surface area is 163 Å². The van der Waals surface area contributed by atoms with Crippen molar-refractivity contribution in [3.63, 3.8) is 0 Å². The van der Waals surface area contributed by atoms with Crippen molar-refractivity contribution in [3.8, 4) is 0 Å². The minimum absolute atomic E-state index is 0.0336. The number of carbonyl (C=O) groups is 5. The van der Waals surface area contributed by atoms with Crippen molar-refractivity contribution in [2.75, 3.05) is 13.2 Å². The molecule has 0 aliphatic heterocycles. The molecule has 0 saturated carbocycles. The number of aliphatic carboxylic acids is 2. The first-order valence-corrected chi connectivity index (χ1v) is 8.29. The lowest BCUT2D eigenvalue weighted by Crippen LogP contribution is -2.55. The zero-order valence-corrected chi connectivity index (χ0v) is 15.1. The van der Waals surface area contributed by atoms with Crippen LogP contribution in [0.25, 0.3) is 0 Å². The maximum Gasteiger partial charge on any atom is 0.326 e. The van der Waals surface area contributed by atoms with E-state index in [2.05, 4.69) is 20.6 Å². The molecule has 0 radical (unpaired) electrons. The third-order valence-corrected chi connectivity index (χ3v) is 3.58. The number of nitrogens with one attached hydrogen (secondary N) is 4. The van der Waals surface area contributed by atoms with Gasteiger partial charge in [0.15, 0.2) is 0 Å². The van der Waals surface area contributed by atoms with Crippen LogP contribution >= 0.6 is 0 Å². The number of aromatic amines is 1. The number of hydrogen-bond donors (Lipinski definition) is 8. The number of carboxylic acids is 2. The minimum Gasteiger partial charge on any atom is -0.481 e. The van der Waals surface area contributed by atoms with Crippen molar-refractivity contribution in [1.29, 1.82) is 0 Å². The van der Waals surface area contributed by atoms with E-state index < -0.39 is 67.4 Å². The molecule has 160 valence electrons. The van der Waals surface area contributed by atoms with Gasteiger partial charge in [0, 0.05) is 18.3 Å². The quantitative estimate of drug-likeness (QED) is 0.164. The molecule has 1 aromatic heterocycles. The molecule has 29 heavy (non-hydrogen) atoms. The fourth-order valence-corrected chi connectivity index (χ4v) is 2.10. The normalized spacial score (nSPS) is 13.6. The summed E-state index contributed by atoms with van der Waals surface area (Å²) in [5, 5.41) is 33.0. The van der Waals surface area contributed by atoms with Crippen LogP contribution in [0.2, 0.25) is 0 Å². The van der Waals surface area contributed by atoms with E-state index in [1.165, 1.54) is 12.5 Å². The van der Waals surface area contributed by atoms with Crippen LogP contribution < -0.4 is 21.7 Å². The summed E-state index contributed by atoms with van der Waals surface area (Å²) in [5.41, 5.74) is 5.89. The zero-order chi connectivity index (χ0) is 22.0.